The molecule has 1 aromatic heterocycles. The molecule has 0 spiro atoms. The molecule has 15 heavy (non-hydrogen) atoms. The Hall–Kier alpha value is -1.57. The van der Waals surface area contributed by atoms with Crippen molar-refractivity contribution in [3.63, 3.8) is 0 Å². The van der Waals surface area contributed by atoms with Crippen LogP contribution in [-0.4, -0.2) is 9.55 Å². The molecule has 0 aromatic carbocycles. The summed E-state index contributed by atoms with van der Waals surface area (Å²) >= 11 is 0. The van der Waals surface area contributed by atoms with Crippen molar-refractivity contribution in [2.24, 2.45) is 0 Å². The van der Waals surface area contributed by atoms with Crippen LogP contribution in [-0.2, 0) is 13.0 Å². The van der Waals surface area contributed by atoms with Gasteiger partial charge in [-0.2, -0.15) is 0 Å². The van der Waals surface area contributed by atoms with Gasteiger partial charge in [-0.05, 0) is 18.4 Å². The summed E-state index contributed by atoms with van der Waals surface area (Å²) in [5.74, 6) is 0. The van der Waals surface area contributed by atoms with Crippen molar-refractivity contribution >= 4 is 0 Å². The summed E-state index contributed by atoms with van der Waals surface area (Å²) in [5, 5.41) is 0. The third-order valence-electron chi connectivity index (χ3n) is 2.49. The van der Waals surface area contributed by atoms with Crippen LogP contribution in [0.4, 0.5) is 0 Å². The molecule has 0 atom stereocenters. The van der Waals surface area contributed by atoms with Crippen LogP contribution in [0.1, 0.15) is 19.0 Å². The van der Waals surface area contributed by atoms with Gasteiger partial charge in [0, 0.05) is 12.7 Å². The quantitative estimate of drug-likeness (QED) is 0.733. The second kappa shape index (κ2) is 4.78. The molecule has 2 rings (SSSR count). The molecule has 0 N–H and O–H groups in total. The first-order valence-corrected chi connectivity index (χ1v) is 5.41. The van der Waals surface area contributed by atoms with Crippen LogP contribution in [0.15, 0.2) is 48.5 Å². The first-order valence-electron chi connectivity index (χ1n) is 5.41. The van der Waals surface area contributed by atoms with E-state index in [9.17, 15) is 0 Å². The third-order valence-corrected chi connectivity index (χ3v) is 2.49. The van der Waals surface area contributed by atoms with E-state index in [1.165, 1.54) is 5.57 Å². The highest BCUT2D eigenvalue weighted by Gasteiger charge is 1.98. The zero-order valence-electron chi connectivity index (χ0n) is 9.06. The Labute approximate surface area is 90.6 Å². The maximum Gasteiger partial charge on any atom is 0.0952 e. The first-order chi connectivity index (χ1) is 7.38. The number of nitrogens with zero attached hydrogens (tertiary/aromatic N) is 2. The Morgan fingerprint density at radius 2 is 2.33 bits per heavy atom. The molecule has 0 bridgehead atoms. The highest BCUT2D eigenvalue weighted by Crippen LogP contribution is 2.08. The lowest BCUT2D eigenvalue weighted by Gasteiger charge is -2.02. The van der Waals surface area contributed by atoms with Gasteiger partial charge in [0.05, 0.1) is 12.0 Å². The Kier molecular flexibility index (Phi) is 3.18. The molecule has 1 aliphatic rings. The predicted molar refractivity (Wildman–Crippen MR) is 62.6 cm³/mol. The molecule has 2 heteroatoms. The second-order valence-electron chi connectivity index (χ2n) is 3.69. The Balaban J connectivity index is 2.05. The first kappa shape index (κ1) is 9.97. The molecule has 1 heterocycles. The summed E-state index contributed by atoms with van der Waals surface area (Å²) in [6.45, 7) is 3.05. The van der Waals surface area contributed by atoms with E-state index in [4.69, 9.17) is 0 Å². The minimum absolute atomic E-state index is 0.922. The lowest BCUT2D eigenvalue weighted by Crippen LogP contribution is -1.96. The molecular weight excluding hydrogens is 184 g/mol. The van der Waals surface area contributed by atoms with Crippen LogP contribution in [0.25, 0.3) is 0 Å². The number of imidazole rings is 1. The molecule has 0 fully saturated rings. The van der Waals surface area contributed by atoms with E-state index in [2.05, 4.69) is 53.1 Å². The van der Waals surface area contributed by atoms with Gasteiger partial charge in [0.25, 0.3) is 0 Å². The van der Waals surface area contributed by atoms with Crippen LogP contribution in [0.5, 0.6) is 0 Å². The van der Waals surface area contributed by atoms with Crippen LogP contribution in [0, 0.1) is 0 Å². The lowest BCUT2D eigenvalue weighted by molar-refractivity contribution is 0.793. The Morgan fingerprint density at radius 3 is 3.13 bits per heavy atom. The van der Waals surface area contributed by atoms with Gasteiger partial charge in [-0.1, -0.05) is 37.3 Å². The van der Waals surface area contributed by atoms with Crippen molar-refractivity contribution in [3.05, 3.63) is 54.2 Å². The molecule has 0 unspecified atom stereocenters. The largest absolute Gasteiger partial charge is 0.333 e. The van der Waals surface area contributed by atoms with Crippen molar-refractivity contribution in [2.75, 3.05) is 0 Å². The third kappa shape index (κ3) is 2.69. The number of rotatable bonds is 3. The minimum atomic E-state index is 0.922. The number of aromatic nitrogens is 2. The molecule has 1 aromatic rings. The number of hydrogen-bond donors (Lipinski definition) is 0. The average molecular weight is 200 g/mol. The van der Waals surface area contributed by atoms with E-state index in [1.807, 2.05) is 6.33 Å². The number of allylic oxidation sites excluding steroid dienone is 6. The number of hydrogen-bond acceptors (Lipinski definition) is 1. The van der Waals surface area contributed by atoms with E-state index < -0.39 is 0 Å². The molecule has 1 aliphatic carbocycles. The van der Waals surface area contributed by atoms with E-state index in [0.29, 0.717) is 0 Å². The van der Waals surface area contributed by atoms with Crippen molar-refractivity contribution < 1.29 is 0 Å². The summed E-state index contributed by atoms with van der Waals surface area (Å²) in [6, 6.07) is 0. The van der Waals surface area contributed by atoms with Gasteiger partial charge < -0.3 is 4.57 Å². The molecule has 0 amide bonds. The van der Waals surface area contributed by atoms with Crippen molar-refractivity contribution in [2.45, 2.75) is 26.3 Å². The van der Waals surface area contributed by atoms with Crippen LogP contribution < -0.4 is 0 Å². The standard InChI is InChI=1S/C13H16N2/c1-2-13-10-15(11-14-13)9-12-7-5-3-4-6-8-12/h3-5,7-8,10-11H,2,6,9H2,1H3. The van der Waals surface area contributed by atoms with Gasteiger partial charge in [-0.3, -0.25) is 0 Å². The van der Waals surface area contributed by atoms with Gasteiger partial charge >= 0.3 is 0 Å². The maximum atomic E-state index is 4.32. The smallest absolute Gasteiger partial charge is 0.0952 e. The van der Waals surface area contributed by atoms with E-state index >= 15 is 0 Å². The van der Waals surface area contributed by atoms with Gasteiger partial charge in [0.2, 0.25) is 0 Å². The van der Waals surface area contributed by atoms with E-state index in [0.717, 1.165) is 25.1 Å². The summed E-state index contributed by atoms with van der Waals surface area (Å²) in [4.78, 5) is 4.32. The lowest BCUT2D eigenvalue weighted by atomic mass is 10.2. The fourth-order valence-electron chi connectivity index (χ4n) is 1.63. The molecule has 78 valence electrons. The van der Waals surface area contributed by atoms with Crippen molar-refractivity contribution in [1.82, 2.24) is 9.55 Å². The molecule has 0 saturated carbocycles. The monoisotopic (exact) mass is 200 g/mol. The summed E-state index contributed by atoms with van der Waals surface area (Å²) in [5.41, 5.74) is 2.51. The second-order valence-corrected chi connectivity index (χ2v) is 3.69. The molecule has 0 saturated heterocycles. The molecule has 2 nitrogen and oxygen atoms in total. The maximum absolute atomic E-state index is 4.32. The fourth-order valence-corrected chi connectivity index (χ4v) is 1.63. The van der Waals surface area contributed by atoms with Gasteiger partial charge in [-0.25, -0.2) is 4.98 Å². The van der Waals surface area contributed by atoms with Gasteiger partial charge in [0.1, 0.15) is 0 Å². The van der Waals surface area contributed by atoms with E-state index in [1.54, 1.807) is 0 Å². The SMILES string of the molecule is CCc1cn(CC2=CCC=CC=C2)cn1. The van der Waals surface area contributed by atoms with Gasteiger partial charge in [-0.15, -0.1) is 0 Å². The Bertz CT molecular complexity index is 408. The normalized spacial score (nSPS) is 15.1. The Morgan fingerprint density at radius 1 is 1.40 bits per heavy atom. The molecule has 0 aliphatic heterocycles. The van der Waals surface area contributed by atoms with Crippen molar-refractivity contribution in [1.29, 1.82) is 0 Å². The minimum Gasteiger partial charge on any atom is -0.333 e. The average Bonchev–Trinajstić information content (AvgIpc) is 2.54. The van der Waals surface area contributed by atoms with Crippen molar-refractivity contribution in [3.8, 4) is 0 Å². The zero-order chi connectivity index (χ0) is 10.5. The predicted octanol–water partition coefficient (Wildman–Crippen LogP) is 2.89. The number of aryl methyl sites for hydroxylation is 1. The zero-order valence-corrected chi connectivity index (χ0v) is 9.06. The highest BCUT2D eigenvalue weighted by atomic mass is 15.0. The fraction of sp³-hybridized carbons (Fsp3) is 0.308. The van der Waals surface area contributed by atoms with Crippen LogP contribution in [0.3, 0.4) is 0 Å². The summed E-state index contributed by atoms with van der Waals surface area (Å²) in [6.07, 6.45) is 16.8. The van der Waals surface area contributed by atoms with E-state index in [-0.39, 0.29) is 0 Å². The summed E-state index contributed by atoms with van der Waals surface area (Å²) in [7, 11) is 0. The van der Waals surface area contributed by atoms with Crippen LogP contribution in [0.2, 0.25) is 0 Å². The molecule has 0 radical (unpaired) electrons. The highest BCUT2D eigenvalue weighted by molar-refractivity contribution is 5.26. The topological polar surface area (TPSA) is 17.8 Å². The summed E-state index contributed by atoms with van der Waals surface area (Å²) < 4.78 is 2.14. The van der Waals surface area contributed by atoms with Gasteiger partial charge in [0.15, 0.2) is 0 Å². The van der Waals surface area contributed by atoms with Crippen LogP contribution >= 0.6 is 0 Å². The molecular formula is C13H16N2.